The Morgan fingerprint density at radius 2 is 2.06 bits per heavy atom. The molecule has 1 nitrogen and oxygen atoms in total. The molecule has 1 unspecified atom stereocenters. The minimum Gasteiger partial charge on any atom is -0.384 e. The van der Waals surface area contributed by atoms with Crippen molar-refractivity contribution in [3.05, 3.63) is 65.0 Å². The monoisotopic (exact) mass is 241 g/mol. The first-order valence-corrected chi connectivity index (χ1v) is 6.32. The summed E-state index contributed by atoms with van der Waals surface area (Å²) in [5, 5.41) is 3.42. The number of hydrogen-bond acceptors (Lipinski definition) is 1. The molecule has 2 aromatic rings. The number of rotatable bonds is 3. The van der Waals surface area contributed by atoms with E-state index in [1.54, 1.807) is 6.07 Å². The van der Waals surface area contributed by atoms with Gasteiger partial charge < -0.3 is 5.32 Å². The third-order valence-electron chi connectivity index (χ3n) is 3.69. The second kappa shape index (κ2) is 4.45. The highest BCUT2D eigenvalue weighted by atomic mass is 19.1. The van der Waals surface area contributed by atoms with E-state index in [1.165, 1.54) is 17.2 Å². The summed E-state index contributed by atoms with van der Waals surface area (Å²) in [6, 6.07) is 13.5. The molecule has 3 rings (SSSR count). The van der Waals surface area contributed by atoms with Crippen molar-refractivity contribution in [1.82, 2.24) is 0 Å². The van der Waals surface area contributed by atoms with Gasteiger partial charge in [-0.05, 0) is 48.2 Å². The Kier molecular flexibility index (Phi) is 2.78. The summed E-state index contributed by atoms with van der Waals surface area (Å²) in [6.07, 6.45) is 1.14. The number of halogens is 1. The molecule has 1 atom stereocenters. The lowest BCUT2D eigenvalue weighted by atomic mass is 9.77. The molecule has 2 aromatic carbocycles. The molecule has 0 aliphatic heterocycles. The van der Waals surface area contributed by atoms with Crippen LogP contribution in [0, 0.1) is 12.7 Å². The number of fused-ring (bicyclic) bond motifs is 1. The fourth-order valence-electron chi connectivity index (χ4n) is 2.60. The molecule has 0 aromatic heterocycles. The molecule has 0 fully saturated rings. The summed E-state index contributed by atoms with van der Waals surface area (Å²) in [7, 11) is 0. The smallest absolute Gasteiger partial charge is 0.123 e. The molecule has 1 aliphatic carbocycles. The van der Waals surface area contributed by atoms with Crippen molar-refractivity contribution in [2.24, 2.45) is 0 Å². The molecule has 0 saturated carbocycles. The maximum Gasteiger partial charge on any atom is 0.123 e. The molecule has 0 saturated heterocycles. The van der Waals surface area contributed by atoms with Crippen LogP contribution in [0.15, 0.2) is 42.5 Å². The van der Waals surface area contributed by atoms with Gasteiger partial charge in [-0.2, -0.15) is 0 Å². The first-order valence-electron chi connectivity index (χ1n) is 6.32. The number of anilines is 1. The lowest BCUT2D eigenvalue weighted by molar-refractivity contribution is 0.625. The maximum absolute atomic E-state index is 13.0. The predicted octanol–water partition coefficient (Wildman–Crippen LogP) is 3.89. The first-order chi connectivity index (χ1) is 8.74. The molecule has 18 heavy (non-hydrogen) atoms. The van der Waals surface area contributed by atoms with E-state index in [9.17, 15) is 4.39 Å². The number of nitrogens with one attached hydrogen (secondary N) is 1. The van der Waals surface area contributed by atoms with Crippen LogP contribution in [0.4, 0.5) is 10.1 Å². The zero-order valence-corrected chi connectivity index (χ0v) is 10.4. The SMILES string of the molecule is Cc1cc(F)ccc1NCC1Cc2ccccc21. The third kappa shape index (κ3) is 1.99. The fraction of sp³-hybridized carbons (Fsp3) is 0.250. The second-order valence-electron chi connectivity index (χ2n) is 4.94. The van der Waals surface area contributed by atoms with Crippen LogP contribution in [0.5, 0.6) is 0 Å². The molecule has 0 spiro atoms. The van der Waals surface area contributed by atoms with E-state index >= 15 is 0 Å². The van der Waals surface area contributed by atoms with E-state index in [-0.39, 0.29) is 5.82 Å². The Morgan fingerprint density at radius 3 is 2.83 bits per heavy atom. The van der Waals surface area contributed by atoms with Gasteiger partial charge in [-0.1, -0.05) is 24.3 Å². The predicted molar refractivity (Wildman–Crippen MR) is 72.5 cm³/mol. The third-order valence-corrected chi connectivity index (χ3v) is 3.69. The maximum atomic E-state index is 13.0. The van der Waals surface area contributed by atoms with Gasteiger partial charge >= 0.3 is 0 Å². The van der Waals surface area contributed by atoms with Crippen LogP contribution in [0.1, 0.15) is 22.6 Å². The minimum atomic E-state index is -0.174. The van der Waals surface area contributed by atoms with Gasteiger partial charge in [-0.15, -0.1) is 0 Å². The summed E-state index contributed by atoms with van der Waals surface area (Å²) < 4.78 is 13.0. The topological polar surface area (TPSA) is 12.0 Å². The minimum absolute atomic E-state index is 0.174. The molecular formula is C16H16FN. The van der Waals surface area contributed by atoms with Crippen LogP contribution < -0.4 is 5.32 Å². The van der Waals surface area contributed by atoms with E-state index in [2.05, 4.69) is 29.6 Å². The van der Waals surface area contributed by atoms with Crippen LogP contribution in [-0.4, -0.2) is 6.54 Å². The Balaban J connectivity index is 1.66. The molecule has 1 N–H and O–H groups in total. The molecule has 0 heterocycles. The zero-order valence-electron chi connectivity index (χ0n) is 10.4. The van der Waals surface area contributed by atoms with Gasteiger partial charge in [0.1, 0.15) is 5.82 Å². The van der Waals surface area contributed by atoms with Crippen molar-refractivity contribution in [3.8, 4) is 0 Å². The van der Waals surface area contributed by atoms with E-state index in [4.69, 9.17) is 0 Å². The molecule has 1 aliphatic rings. The molecule has 0 bridgehead atoms. The summed E-state index contributed by atoms with van der Waals surface area (Å²) in [5.74, 6) is 0.415. The normalized spacial score (nSPS) is 16.9. The van der Waals surface area contributed by atoms with Crippen molar-refractivity contribution in [1.29, 1.82) is 0 Å². The van der Waals surface area contributed by atoms with Crippen molar-refractivity contribution < 1.29 is 4.39 Å². The fourth-order valence-corrected chi connectivity index (χ4v) is 2.60. The van der Waals surface area contributed by atoms with E-state index < -0.39 is 0 Å². The molecule has 0 radical (unpaired) electrons. The zero-order chi connectivity index (χ0) is 12.5. The van der Waals surface area contributed by atoms with Gasteiger partial charge in [-0.3, -0.25) is 0 Å². The molecule has 0 amide bonds. The standard InChI is InChI=1S/C16H16FN/c1-11-8-14(17)6-7-16(11)18-10-13-9-12-4-2-3-5-15(12)13/h2-8,13,18H,9-10H2,1H3. The highest BCUT2D eigenvalue weighted by Crippen LogP contribution is 2.34. The van der Waals surface area contributed by atoms with Crippen LogP contribution in [-0.2, 0) is 6.42 Å². The average Bonchev–Trinajstić information content (AvgIpc) is 2.33. The largest absolute Gasteiger partial charge is 0.384 e. The van der Waals surface area contributed by atoms with Crippen LogP contribution in [0.3, 0.4) is 0 Å². The van der Waals surface area contributed by atoms with Crippen molar-refractivity contribution in [3.63, 3.8) is 0 Å². The van der Waals surface area contributed by atoms with Crippen molar-refractivity contribution in [2.75, 3.05) is 11.9 Å². The van der Waals surface area contributed by atoms with Gasteiger partial charge in [0.2, 0.25) is 0 Å². The lowest BCUT2D eigenvalue weighted by Crippen LogP contribution is -2.24. The van der Waals surface area contributed by atoms with Crippen LogP contribution >= 0.6 is 0 Å². The second-order valence-corrected chi connectivity index (χ2v) is 4.94. The van der Waals surface area contributed by atoms with Gasteiger partial charge in [0.05, 0.1) is 0 Å². The Hall–Kier alpha value is -1.83. The van der Waals surface area contributed by atoms with Crippen LogP contribution in [0.25, 0.3) is 0 Å². The highest BCUT2D eigenvalue weighted by Gasteiger charge is 2.24. The number of hydrogen-bond donors (Lipinski definition) is 1. The molecule has 2 heteroatoms. The van der Waals surface area contributed by atoms with E-state index in [0.29, 0.717) is 5.92 Å². The lowest BCUT2D eigenvalue weighted by Gasteiger charge is -2.30. The average molecular weight is 241 g/mol. The van der Waals surface area contributed by atoms with E-state index in [0.717, 1.165) is 24.2 Å². The summed E-state index contributed by atoms with van der Waals surface area (Å²) >= 11 is 0. The summed E-state index contributed by atoms with van der Waals surface area (Å²) in [6.45, 7) is 2.85. The van der Waals surface area contributed by atoms with Gasteiger partial charge in [0.15, 0.2) is 0 Å². The summed E-state index contributed by atoms with van der Waals surface area (Å²) in [4.78, 5) is 0. The summed E-state index contributed by atoms with van der Waals surface area (Å²) in [5.41, 5.74) is 4.90. The highest BCUT2D eigenvalue weighted by molar-refractivity contribution is 5.51. The van der Waals surface area contributed by atoms with Gasteiger partial charge in [0, 0.05) is 18.2 Å². The molecule has 92 valence electrons. The van der Waals surface area contributed by atoms with Crippen molar-refractivity contribution >= 4 is 5.69 Å². The number of aryl methyl sites for hydroxylation is 1. The Morgan fingerprint density at radius 1 is 1.22 bits per heavy atom. The Labute approximate surface area is 107 Å². The van der Waals surface area contributed by atoms with Gasteiger partial charge in [-0.25, -0.2) is 4.39 Å². The number of benzene rings is 2. The Bertz CT molecular complexity index is 577. The molecular weight excluding hydrogens is 225 g/mol. The van der Waals surface area contributed by atoms with Gasteiger partial charge in [0.25, 0.3) is 0 Å². The van der Waals surface area contributed by atoms with E-state index in [1.807, 2.05) is 13.0 Å². The first kappa shape index (κ1) is 11.3. The van der Waals surface area contributed by atoms with Crippen molar-refractivity contribution in [2.45, 2.75) is 19.3 Å². The van der Waals surface area contributed by atoms with Crippen LogP contribution in [0.2, 0.25) is 0 Å². The quantitative estimate of drug-likeness (QED) is 0.859.